The lowest BCUT2D eigenvalue weighted by molar-refractivity contribution is 0.193. The van der Waals surface area contributed by atoms with Crippen molar-refractivity contribution in [2.45, 2.75) is 6.42 Å². The van der Waals surface area contributed by atoms with Gasteiger partial charge in [0.2, 0.25) is 0 Å². The summed E-state index contributed by atoms with van der Waals surface area (Å²) in [7, 11) is 2.02. The number of benzene rings is 1. The van der Waals surface area contributed by atoms with E-state index in [1.807, 2.05) is 25.2 Å². The van der Waals surface area contributed by atoms with E-state index >= 15 is 0 Å². The van der Waals surface area contributed by atoms with Gasteiger partial charge in [-0.15, -0.1) is 0 Å². The van der Waals surface area contributed by atoms with Gasteiger partial charge in [-0.05, 0) is 18.6 Å². The van der Waals surface area contributed by atoms with Gasteiger partial charge in [-0.1, -0.05) is 30.4 Å². The van der Waals surface area contributed by atoms with E-state index in [-0.39, 0.29) is 0 Å². The number of anilines is 1. The Kier molecular flexibility index (Phi) is 3.34. The summed E-state index contributed by atoms with van der Waals surface area (Å²) in [6.07, 6.45) is 1.05. The summed E-state index contributed by atoms with van der Waals surface area (Å²) in [6, 6.07) is 10.2. The normalized spacial score (nSPS) is 20.2. The minimum Gasteiger partial charge on any atom is -0.381 e. The molecule has 80 valence electrons. The van der Waals surface area contributed by atoms with Gasteiger partial charge >= 0.3 is 0 Å². The number of ether oxygens (including phenoxy) is 1. The maximum absolute atomic E-state index is 5.46. The summed E-state index contributed by atoms with van der Waals surface area (Å²) >= 11 is 5.46. The summed E-state index contributed by atoms with van der Waals surface area (Å²) in [5.74, 6) is 0.408. The molecule has 1 aromatic rings. The van der Waals surface area contributed by atoms with Crippen LogP contribution in [0.2, 0.25) is 0 Å². The second kappa shape index (κ2) is 4.73. The predicted molar refractivity (Wildman–Crippen MR) is 66.4 cm³/mol. The molecule has 2 nitrogen and oxygen atoms in total. The summed E-state index contributed by atoms with van der Waals surface area (Å²) < 4.78 is 5.35. The third-order valence-corrected chi connectivity index (χ3v) is 3.36. The van der Waals surface area contributed by atoms with Crippen LogP contribution in [0.4, 0.5) is 5.69 Å². The van der Waals surface area contributed by atoms with E-state index in [9.17, 15) is 0 Å². The Balaban J connectivity index is 2.07. The Morgan fingerprint density at radius 1 is 1.40 bits per heavy atom. The molecule has 1 atom stereocenters. The Bertz CT molecular complexity index is 333. The van der Waals surface area contributed by atoms with Crippen LogP contribution >= 0.6 is 12.2 Å². The van der Waals surface area contributed by atoms with Crippen LogP contribution in [-0.4, -0.2) is 25.2 Å². The molecule has 1 unspecified atom stereocenters. The highest BCUT2D eigenvalue weighted by molar-refractivity contribution is 7.80. The van der Waals surface area contributed by atoms with Crippen molar-refractivity contribution >= 4 is 22.9 Å². The summed E-state index contributed by atoms with van der Waals surface area (Å²) in [5, 5.41) is 0. The van der Waals surface area contributed by atoms with Crippen LogP contribution < -0.4 is 4.90 Å². The van der Waals surface area contributed by atoms with E-state index in [4.69, 9.17) is 17.0 Å². The van der Waals surface area contributed by atoms with Crippen LogP contribution in [-0.2, 0) is 4.74 Å². The van der Waals surface area contributed by atoms with E-state index in [0.29, 0.717) is 5.92 Å². The van der Waals surface area contributed by atoms with Crippen LogP contribution in [0, 0.1) is 5.92 Å². The smallest absolute Gasteiger partial charge is 0.0876 e. The van der Waals surface area contributed by atoms with Crippen molar-refractivity contribution in [1.29, 1.82) is 0 Å². The monoisotopic (exact) mass is 221 g/mol. The lowest BCUT2D eigenvalue weighted by Crippen LogP contribution is -2.31. The van der Waals surface area contributed by atoms with Gasteiger partial charge < -0.3 is 9.64 Å². The maximum atomic E-state index is 5.46. The van der Waals surface area contributed by atoms with E-state index < -0.39 is 0 Å². The Labute approximate surface area is 95.8 Å². The first-order valence-electron chi connectivity index (χ1n) is 5.19. The first-order valence-corrected chi connectivity index (χ1v) is 5.60. The largest absolute Gasteiger partial charge is 0.381 e. The fraction of sp³-hybridized carbons (Fsp3) is 0.417. The number of para-hydroxylation sites is 1. The zero-order valence-corrected chi connectivity index (χ0v) is 9.67. The topological polar surface area (TPSA) is 12.5 Å². The van der Waals surface area contributed by atoms with Gasteiger partial charge in [-0.25, -0.2) is 0 Å². The molecule has 3 heteroatoms. The van der Waals surface area contributed by atoms with Gasteiger partial charge in [-0.3, -0.25) is 0 Å². The molecule has 1 heterocycles. The van der Waals surface area contributed by atoms with Crippen LogP contribution in [0.5, 0.6) is 0 Å². The molecule has 1 fully saturated rings. The Hall–Kier alpha value is -0.930. The van der Waals surface area contributed by atoms with Crippen molar-refractivity contribution in [3.05, 3.63) is 30.3 Å². The quantitative estimate of drug-likeness (QED) is 0.712. The number of thiocarbonyl (C=S) groups is 1. The molecule has 0 spiro atoms. The maximum Gasteiger partial charge on any atom is 0.0876 e. The van der Waals surface area contributed by atoms with E-state index in [0.717, 1.165) is 30.3 Å². The fourth-order valence-corrected chi connectivity index (χ4v) is 2.07. The van der Waals surface area contributed by atoms with Crippen molar-refractivity contribution in [2.75, 3.05) is 25.2 Å². The third-order valence-electron chi connectivity index (χ3n) is 2.75. The van der Waals surface area contributed by atoms with E-state index in [1.165, 1.54) is 0 Å². The molecular formula is C12H15NOS. The molecular weight excluding hydrogens is 206 g/mol. The molecule has 0 aromatic heterocycles. The van der Waals surface area contributed by atoms with E-state index in [2.05, 4.69) is 17.0 Å². The average molecular weight is 221 g/mol. The second-order valence-electron chi connectivity index (χ2n) is 3.79. The molecule has 0 bridgehead atoms. The van der Waals surface area contributed by atoms with E-state index in [1.54, 1.807) is 0 Å². The molecule has 0 radical (unpaired) electrons. The van der Waals surface area contributed by atoms with Gasteiger partial charge in [0.05, 0.1) is 11.6 Å². The van der Waals surface area contributed by atoms with Gasteiger partial charge in [0.15, 0.2) is 0 Å². The first-order chi connectivity index (χ1) is 7.29. The Morgan fingerprint density at radius 2 is 2.13 bits per heavy atom. The van der Waals surface area contributed by atoms with Crippen LogP contribution in [0.15, 0.2) is 30.3 Å². The zero-order chi connectivity index (χ0) is 10.7. The van der Waals surface area contributed by atoms with Crippen molar-refractivity contribution in [1.82, 2.24) is 0 Å². The van der Waals surface area contributed by atoms with Gasteiger partial charge in [0.25, 0.3) is 0 Å². The molecule has 0 amide bonds. The average Bonchev–Trinajstić information content (AvgIpc) is 2.82. The van der Waals surface area contributed by atoms with Crippen molar-refractivity contribution in [3.8, 4) is 0 Å². The molecule has 0 saturated carbocycles. The van der Waals surface area contributed by atoms with Crippen molar-refractivity contribution in [3.63, 3.8) is 0 Å². The molecule has 1 aliphatic rings. The van der Waals surface area contributed by atoms with Crippen LogP contribution in [0.25, 0.3) is 0 Å². The minimum absolute atomic E-state index is 0.408. The molecule has 1 aliphatic heterocycles. The van der Waals surface area contributed by atoms with Gasteiger partial charge in [-0.2, -0.15) is 0 Å². The highest BCUT2D eigenvalue weighted by Gasteiger charge is 2.23. The first kappa shape index (κ1) is 10.6. The number of rotatable bonds is 2. The Morgan fingerprint density at radius 3 is 2.73 bits per heavy atom. The van der Waals surface area contributed by atoms with Crippen LogP contribution in [0.3, 0.4) is 0 Å². The lowest BCUT2D eigenvalue weighted by atomic mass is 10.1. The zero-order valence-electron chi connectivity index (χ0n) is 8.85. The predicted octanol–water partition coefficient (Wildman–Crippen LogP) is 2.49. The lowest BCUT2D eigenvalue weighted by Gasteiger charge is -2.23. The fourth-order valence-electron chi connectivity index (χ4n) is 1.78. The molecule has 1 saturated heterocycles. The SMILES string of the molecule is CN(C(=S)C1CCOC1)c1ccccc1. The van der Waals surface area contributed by atoms with Gasteiger partial charge in [0, 0.05) is 25.3 Å². The number of nitrogens with zero attached hydrogens (tertiary/aromatic N) is 1. The highest BCUT2D eigenvalue weighted by Crippen LogP contribution is 2.20. The van der Waals surface area contributed by atoms with Crippen LogP contribution in [0.1, 0.15) is 6.42 Å². The van der Waals surface area contributed by atoms with Crippen molar-refractivity contribution in [2.24, 2.45) is 5.92 Å². The summed E-state index contributed by atoms with van der Waals surface area (Å²) in [5.41, 5.74) is 1.15. The second-order valence-corrected chi connectivity index (χ2v) is 4.21. The standard InChI is InChI=1S/C12H15NOS/c1-13(11-5-3-2-4-6-11)12(15)10-7-8-14-9-10/h2-6,10H,7-9H2,1H3. The summed E-state index contributed by atoms with van der Waals surface area (Å²) in [6.45, 7) is 1.61. The number of hydrogen-bond donors (Lipinski definition) is 0. The molecule has 2 rings (SSSR count). The molecule has 1 aromatic carbocycles. The van der Waals surface area contributed by atoms with Crippen molar-refractivity contribution < 1.29 is 4.74 Å². The minimum atomic E-state index is 0.408. The summed E-state index contributed by atoms with van der Waals surface area (Å²) in [4.78, 5) is 3.06. The third kappa shape index (κ3) is 2.36. The van der Waals surface area contributed by atoms with Gasteiger partial charge in [0.1, 0.15) is 0 Å². The highest BCUT2D eigenvalue weighted by atomic mass is 32.1. The molecule has 0 aliphatic carbocycles. The molecule has 0 N–H and O–H groups in total. The molecule has 15 heavy (non-hydrogen) atoms. The number of hydrogen-bond acceptors (Lipinski definition) is 2.